The highest BCUT2D eigenvalue weighted by Crippen LogP contribution is 2.28. The lowest BCUT2D eigenvalue weighted by Crippen LogP contribution is -2.27. The topological polar surface area (TPSA) is 70.5 Å². The number of ether oxygens (including phenoxy) is 1. The van der Waals surface area contributed by atoms with Crippen molar-refractivity contribution in [3.05, 3.63) is 59.9 Å². The molecule has 1 saturated carbocycles. The molecule has 1 aliphatic carbocycles. The van der Waals surface area contributed by atoms with Crippen molar-refractivity contribution in [2.75, 3.05) is 25.5 Å². The number of nitrogens with one attached hydrogen (secondary N) is 1. The lowest BCUT2D eigenvalue weighted by Gasteiger charge is -2.26. The van der Waals surface area contributed by atoms with E-state index in [1.807, 2.05) is 50.2 Å². The number of hydrogen-bond donors (Lipinski definition) is 2. The van der Waals surface area contributed by atoms with Gasteiger partial charge in [0.2, 0.25) is 0 Å². The Morgan fingerprint density at radius 3 is 2.37 bits per heavy atom. The number of aromatic nitrogens is 2. The molecular weight excluding hydrogens is 450 g/mol. The van der Waals surface area contributed by atoms with Crippen LogP contribution in [0.15, 0.2) is 48.5 Å². The number of fused-ring (bicyclic) bond motifs is 1. The van der Waals surface area contributed by atoms with E-state index in [9.17, 15) is 8.78 Å². The van der Waals surface area contributed by atoms with Gasteiger partial charge >= 0.3 is 6.29 Å². The summed E-state index contributed by atoms with van der Waals surface area (Å²) in [6, 6.07) is 14.6. The van der Waals surface area contributed by atoms with E-state index >= 15 is 0 Å². The molecule has 1 aromatic heterocycles. The number of anilines is 1. The molecule has 1 aliphatic rings. The summed E-state index contributed by atoms with van der Waals surface area (Å²) in [5.41, 5.74) is 1.62. The van der Waals surface area contributed by atoms with E-state index in [1.165, 1.54) is 31.7 Å². The number of rotatable bonds is 7. The van der Waals surface area contributed by atoms with Gasteiger partial charge in [-0.2, -0.15) is 0 Å². The molecule has 2 N–H and O–H groups in total. The first kappa shape index (κ1) is 26.8. The van der Waals surface area contributed by atoms with Crippen LogP contribution in [0.25, 0.3) is 10.9 Å². The third-order valence-corrected chi connectivity index (χ3v) is 6.21. The number of para-hydroxylation sites is 2. The van der Waals surface area contributed by atoms with Gasteiger partial charge in [-0.1, -0.05) is 50.1 Å². The first-order valence-corrected chi connectivity index (χ1v) is 12.1. The van der Waals surface area contributed by atoms with Gasteiger partial charge < -0.3 is 20.1 Å². The van der Waals surface area contributed by atoms with Crippen LogP contribution in [0.5, 0.6) is 5.75 Å². The zero-order chi connectivity index (χ0) is 25.4. The smallest absolute Gasteiger partial charge is 0.409 e. The molecule has 0 bridgehead atoms. The van der Waals surface area contributed by atoms with Gasteiger partial charge in [0.1, 0.15) is 17.4 Å². The summed E-state index contributed by atoms with van der Waals surface area (Å²) in [6.45, 7) is 5.54. The van der Waals surface area contributed by atoms with Gasteiger partial charge in [0.15, 0.2) is 0 Å². The van der Waals surface area contributed by atoms with Gasteiger partial charge in [0.05, 0.1) is 5.52 Å². The average Bonchev–Trinajstić information content (AvgIpc) is 2.80. The molecule has 0 aliphatic heterocycles. The summed E-state index contributed by atoms with van der Waals surface area (Å²) < 4.78 is 29.4. The first-order valence-electron chi connectivity index (χ1n) is 12.1. The lowest BCUT2D eigenvalue weighted by molar-refractivity contribution is -0.327. The Morgan fingerprint density at radius 2 is 1.69 bits per heavy atom. The molecule has 3 aromatic rings. The fraction of sp³-hybridized carbons (Fsp3) is 0.481. The highest BCUT2D eigenvalue weighted by molar-refractivity contribution is 5.89. The Hall–Kier alpha value is -2.84. The summed E-state index contributed by atoms with van der Waals surface area (Å²) in [5.74, 6) is 3.28. The Labute approximate surface area is 206 Å². The summed E-state index contributed by atoms with van der Waals surface area (Å²) >= 11 is 0. The molecule has 0 saturated heterocycles. The van der Waals surface area contributed by atoms with Gasteiger partial charge in [-0.3, -0.25) is 0 Å². The number of aryl methyl sites for hydroxylation is 1. The standard InChI is InChI=1S/C16H23F2NO2.C11H13N3/c1-12-6-8-13(9-7-12)10-19-11-14-4-2-3-5-15(14)21-16(17,18)20;1-8-12-10-7-5-4-6-9(10)11(13-8)14(2)3/h2-5,12-13,19-20H,6-11H2,1H3;4-7H,1-3H3. The van der Waals surface area contributed by atoms with Crippen molar-refractivity contribution in [2.45, 2.75) is 52.4 Å². The van der Waals surface area contributed by atoms with Gasteiger partial charge in [-0.25, -0.2) is 9.97 Å². The zero-order valence-corrected chi connectivity index (χ0v) is 21.0. The van der Waals surface area contributed by atoms with E-state index in [0.29, 0.717) is 18.0 Å². The van der Waals surface area contributed by atoms with Crippen molar-refractivity contribution < 1.29 is 18.6 Å². The molecule has 190 valence electrons. The molecule has 8 heteroatoms. The fourth-order valence-corrected chi connectivity index (χ4v) is 4.34. The Balaban J connectivity index is 0.000000211. The van der Waals surface area contributed by atoms with E-state index < -0.39 is 6.29 Å². The van der Waals surface area contributed by atoms with Crippen LogP contribution in [-0.4, -0.2) is 42.0 Å². The molecule has 4 rings (SSSR count). The second kappa shape index (κ2) is 12.2. The van der Waals surface area contributed by atoms with Crippen LogP contribution in [0, 0.1) is 18.8 Å². The number of benzene rings is 2. The second-order valence-electron chi connectivity index (χ2n) is 9.46. The van der Waals surface area contributed by atoms with E-state index in [0.717, 1.165) is 35.0 Å². The third kappa shape index (κ3) is 8.40. The van der Waals surface area contributed by atoms with E-state index in [4.69, 9.17) is 5.11 Å². The predicted molar refractivity (Wildman–Crippen MR) is 136 cm³/mol. The summed E-state index contributed by atoms with van der Waals surface area (Å²) in [6.07, 6.45) is 0.837. The maximum Gasteiger partial charge on any atom is 0.532 e. The quantitative estimate of drug-likeness (QED) is 0.428. The molecule has 35 heavy (non-hydrogen) atoms. The minimum Gasteiger partial charge on any atom is -0.409 e. The minimum absolute atomic E-state index is 0.00904. The van der Waals surface area contributed by atoms with Gasteiger partial charge in [-0.15, -0.1) is 8.78 Å². The van der Waals surface area contributed by atoms with Gasteiger partial charge in [0.25, 0.3) is 0 Å². The predicted octanol–water partition coefficient (Wildman–Crippen LogP) is 5.53. The maximum absolute atomic E-state index is 12.6. The largest absolute Gasteiger partial charge is 0.532 e. The molecule has 1 heterocycles. The van der Waals surface area contributed by atoms with Crippen LogP contribution < -0.4 is 15.0 Å². The van der Waals surface area contributed by atoms with Crippen molar-refractivity contribution in [2.24, 2.45) is 11.8 Å². The van der Waals surface area contributed by atoms with Gasteiger partial charge in [0, 0.05) is 31.6 Å². The summed E-state index contributed by atoms with van der Waals surface area (Å²) in [4.78, 5) is 10.8. The van der Waals surface area contributed by atoms with E-state index in [2.05, 4.69) is 26.9 Å². The Kier molecular flexibility index (Phi) is 9.34. The van der Waals surface area contributed by atoms with Crippen molar-refractivity contribution in [1.82, 2.24) is 15.3 Å². The monoisotopic (exact) mass is 486 g/mol. The van der Waals surface area contributed by atoms with Crippen LogP contribution in [0.1, 0.15) is 44.0 Å². The Morgan fingerprint density at radius 1 is 1.03 bits per heavy atom. The van der Waals surface area contributed by atoms with Crippen molar-refractivity contribution >= 4 is 16.7 Å². The molecule has 6 nitrogen and oxygen atoms in total. The lowest BCUT2D eigenvalue weighted by atomic mass is 9.83. The molecule has 0 amide bonds. The highest BCUT2D eigenvalue weighted by Gasteiger charge is 2.28. The summed E-state index contributed by atoms with van der Waals surface area (Å²) in [7, 11) is 3.99. The van der Waals surface area contributed by atoms with Gasteiger partial charge in [-0.05, 0) is 56.3 Å². The maximum atomic E-state index is 12.6. The van der Waals surface area contributed by atoms with Crippen molar-refractivity contribution in [3.63, 3.8) is 0 Å². The number of hydrogen-bond acceptors (Lipinski definition) is 6. The summed E-state index contributed by atoms with van der Waals surface area (Å²) in [5, 5.41) is 12.9. The van der Waals surface area contributed by atoms with Crippen LogP contribution in [0.4, 0.5) is 14.6 Å². The van der Waals surface area contributed by atoms with E-state index in [-0.39, 0.29) is 5.75 Å². The molecule has 0 radical (unpaired) electrons. The van der Waals surface area contributed by atoms with Crippen LogP contribution in [-0.2, 0) is 6.54 Å². The van der Waals surface area contributed by atoms with Crippen LogP contribution in [0.2, 0.25) is 0 Å². The number of nitrogens with zero attached hydrogens (tertiary/aromatic N) is 3. The number of aliphatic hydroxyl groups is 1. The van der Waals surface area contributed by atoms with Crippen molar-refractivity contribution in [3.8, 4) is 5.75 Å². The normalized spacial score (nSPS) is 18.0. The molecule has 2 aromatic carbocycles. The third-order valence-electron chi connectivity index (χ3n) is 6.21. The molecule has 0 spiro atoms. The SMILES string of the molecule is CC1CCC(CNCc2ccccc2OC(O)(F)F)CC1.Cc1nc(N(C)C)c2ccccc2n1. The average molecular weight is 487 g/mol. The van der Waals surface area contributed by atoms with Crippen LogP contribution >= 0.6 is 0 Å². The number of alkyl halides is 2. The molecular formula is C27H36F2N4O2. The fourth-order valence-electron chi connectivity index (χ4n) is 4.34. The highest BCUT2D eigenvalue weighted by atomic mass is 19.3. The zero-order valence-electron chi connectivity index (χ0n) is 21.0. The molecule has 0 atom stereocenters. The number of halogens is 2. The van der Waals surface area contributed by atoms with E-state index in [1.54, 1.807) is 18.2 Å². The van der Waals surface area contributed by atoms with Crippen molar-refractivity contribution in [1.29, 1.82) is 0 Å². The Bertz CT molecular complexity index is 1080. The molecule has 0 unspecified atom stereocenters. The minimum atomic E-state index is -4.14. The molecule has 1 fully saturated rings. The first-order chi connectivity index (χ1) is 16.6. The van der Waals surface area contributed by atoms with Crippen LogP contribution in [0.3, 0.4) is 0 Å². The second-order valence-corrected chi connectivity index (χ2v) is 9.46.